The molecule has 5 aromatic carbocycles. The fourth-order valence-corrected chi connectivity index (χ4v) is 14.2. The number of primary amides is 2. The molecule has 0 saturated carbocycles. The van der Waals surface area contributed by atoms with Gasteiger partial charge in [-0.25, -0.2) is 24.9 Å². The van der Waals surface area contributed by atoms with Crippen LogP contribution in [0.25, 0.3) is 0 Å². The molecule has 0 unspecified atom stereocenters. The summed E-state index contributed by atoms with van der Waals surface area (Å²) >= 11 is 34.9. The summed E-state index contributed by atoms with van der Waals surface area (Å²) in [4.78, 5) is 42.4. The van der Waals surface area contributed by atoms with Crippen molar-refractivity contribution >= 4 is 133 Å². The van der Waals surface area contributed by atoms with Crippen molar-refractivity contribution < 1.29 is 33.3 Å². The molecule has 2 amide bonds. The van der Waals surface area contributed by atoms with Crippen LogP contribution in [0.5, 0.6) is 0 Å². The zero-order valence-corrected chi connectivity index (χ0v) is 66.3. The largest absolute Gasteiger partial charge is 0.399 e. The maximum absolute atomic E-state index is 11.5. The second-order valence-electron chi connectivity index (χ2n) is 26.8. The zero-order chi connectivity index (χ0) is 79.9. The van der Waals surface area contributed by atoms with Gasteiger partial charge in [0.15, 0.2) is 0 Å². The molecular formula is C85H85Cl6N15O7. The number of aromatic nitrogens is 5. The second kappa shape index (κ2) is 44.3. The normalized spacial score (nSPS) is 15.1. The van der Waals surface area contributed by atoms with E-state index in [1.807, 2.05) is 72.8 Å². The third kappa shape index (κ3) is 26.7. The summed E-state index contributed by atoms with van der Waals surface area (Å²) in [5.74, 6) is 3.02. The highest BCUT2D eigenvalue weighted by molar-refractivity contribution is 6.35. The summed E-state index contributed by atoms with van der Waals surface area (Å²) in [6.45, 7) is 8.47. The van der Waals surface area contributed by atoms with Gasteiger partial charge in [0.1, 0.15) is 45.3 Å². The number of halogens is 6. The fraction of sp³-hybridized carbons (Fsp3) is 0.294. The molecule has 5 aliphatic rings. The Bertz CT molecular complexity index is 4870. The summed E-state index contributed by atoms with van der Waals surface area (Å²) in [6, 6.07) is 55.3. The number of ether oxygens (including phenoxy) is 5. The van der Waals surface area contributed by atoms with Crippen LogP contribution in [-0.2, 0) is 23.7 Å². The van der Waals surface area contributed by atoms with E-state index in [0.29, 0.717) is 100 Å². The van der Waals surface area contributed by atoms with Gasteiger partial charge in [0, 0.05) is 144 Å². The Hall–Kier alpha value is -10.2. The van der Waals surface area contributed by atoms with Crippen LogP contribution in [0.1, 0.15) is 159 Å². The number of nitrogens with two attached hydrogens (primary N) is 3. The van der Waals surface area contributed by atoms with Gasteiger partial charge in [-0.05, 0) is 194 Å². The zero-order valence-electron chi connectivity index (χ0n) is 61.8. The molecule has 113 heavy (non-hydrogen) atoms. The van der Waals surface area contributed by atoms with Crippen LogP contribution in [0, 0.1) is 34.0 Å². The molecule has 5 saturated heterocycles. The Kier molecular flexibility index (Phi) is 33.4. The average molecular weight is 1640 g/mol. The molecule has 22 nitrogen and oxygen atoms in total. The van der Waals surface area contributed by atoms with E-state index in [0.717, 1.165) is 159 Å². The lowest BCUT2D eigenvalue weighted by molar-refractivity contribution is 0.0852. The molecule has 0 radical (unpaired) electrons. The number of anilines is 9. The number of nitrogens with one attached hydrogen (secondary N) is 4. The molecule has 0 atom stereocenters. The molecule has 28 heteroatoms. The average Bonchev–Trinajstić information content (AvgIpc) is 0.835. The van der Waals surface area contributed by atoms with Crippen molar-refractivity contribution in [1.29, 1.82) is 15.8 Å². The summed E-state index contributed by atoms with van der Waals surface area (Å²) in [5.41, 5.74) is 30.4. The molecule has 5 aromatic heterocycles. The van der Waals surface area contributed by atoms with Crippen LogP contribution in [0.15, 0.2) is 183 Å². The summed E-state index contributed by atoms with van der Waals surface area (Å²) < 4.78 is 26.9. The van der Waals surface area contributed by atoms with E-state index < -0.39 is 11.8 Å². The molecule has 10 heterocycles. The van der Waals surface area contributed by atoms with Gasteiger partial charge in [0.05, 0.1) is 54.3 Å². The first-order valence-corrected chi connectivity index (χ1v) is 39.1. The molecule has 0 spiro atoms. The van der Waals surface area contributed by atoms with Crippen LogP contribution in [0.3, 0.4) is 0 Å². The monoisotopic (exact) mass is 1640 g/mol. The first-order chi connectivity index (χ1) is 54.9. The number of pyridine rings is 5. The Balaban J connectivity index is 0.000000146. The fourth-order valence-electron chi connectivity index (χ4n) is 13.0. The van der Waals surface area contributed by atoms with Gasteiger partial charge < -0.3 is 62.2 Å². The van der Waals surface area contributed by atoms with Crippen LogP contribution < -0.4 is 38.5 Å². The Morgan fingerprint density at radius 2 is 0.611 bits per heavy atom. The molecule has 15 rings (SSSR count). The lowest BCUT2D eigenvalue weighted by Gasteiger charge is -2.22. The predicted octanol–water partition coefficient (Wildman–Crippen LogP) is 19.9. The van der Waals surface area contributed by atoms with Crippen molar-refractivity contribution in [2.75, 3.05) is 93.1 Å². The number of benzene rings is 5. The Morgan fingerprint density at radius 3 is 0.947 bits per heavy atom. The van der Waals surface area contributed by atoms with Crippen LogP contribution in [-0.4, -0.2) is 103 Å². The molecular weight excluding hydrogens is 1560 g/mol. The first kappa shape index (κ1) is 85.2. The van der Waals surface area contributed by atoms with Gasteiger partial charge in [0.25, 0.3) is 11.8 Å². The van der Waals surface area contributed by atoms with Crippen molar-refractivity contribution in [3.8, 4) is 18.2 Å². The number of hydrogen-bond acceptors (Lipinski definition) is 20. The number of nitriles is 3. The van der Waals surface area contributed by atoms with Gasteiger partial charge in [-0.3, -0.25) is 9.59 Å². The van der Waals surface area contributed by atoms with Gasteiger partial charge >= 0.3 is 0 Å². The highest BCUT2D eigenvalue weighted by Crippen LogP contribution is 2.35. The van der Waals surface area contributed by atoms with Gasteiger partial charge in [-0.1, -0.05) is 130 Å². The van der Waals surface area contributed by atoms with Crippen LogP contribution in [0.4, 0.5) is 51.4 Å². The highest BCUT2D eigenvalue weighted by Gasteiger charge is 2.22. The standard InChI is InChI=1S/2C17H18ClN3O2.2C17H16ClN3O.C11H15NO.C6H2Cl2N2/c18-16-9-15(14(10-20-16)17(19)22)21-13-3-1-11(2-4-13)12-5-7-23-8-6-12;18-15-9-16(20-10-14(15)17(19)22)21-13-3-1-11(2-4-13)12-5-7-23-8-6-12;18-17-9-16(14(10-19)11-20-17)21-15-3-1-12(2-4-15)13-5-7-22-8-6-13;18-16-9-17(20-11-14(16)10-19)21-15-3-1-12(2-4-15)13-5-7-22-8-6-13;12-11-3-1-9(2-4-11)10-5-7-13-8-6-10;7-5-1-6(8)10-3-4(5)2-9/h2*1-4,9-10,12H,5-8H2,(H2,19,22)(H,20,21);2*1-4,9,11,13H,5-8H2,(H,20,21);1-4,10H,5-8,12H2;1,3H. The predicted molar refractivity (Wildman–Crippen MR) is 446 cm³/mol. The molecule has 5 aliphatic heterocycles. The number of carbonyl (C=O) groups is 2. The third-order valence-electron chi connectivity index (χ3n) is 19.3. The minimum Gasteiger partial charge on any atom is -0.399 e. The van der Waals surface area contributed by atoms with E-state index in [4.69, 9.17) is 126 Å². The number of nitrogens with zero attached hydrogens (tertiary/aromatic N) is 8. The molecule has 10 N–H and O–H groups in total. The topological polar surface area (TPSA) is 342 Å². The van der Waals surface area contributed by atoms with E-state index >= 15 is 0 Å². The molecule has 5 fully saturated rings. The van der Waals surface area contributed by atoms with E-state index in [1.54, 1.807) is 24.3 Å². The minimum absolute atomic E-state index is 0.215. The Morgan fingerprint density at radius 1 is 0.336 bits per heavy atom. The van der Waals surface area contributed by atoms with E-state index in [2.05, 4.69) is 113 Å². The maximum Gasteiger partial charge on any atom is 0.252 e. The van der Waals surface area contributed by atoms with Gasteiger partial charge in [-0.15, -0.1) is 0 Å². The van der Waals surface area contributed by atoms with Crippen molar-refractivity contribution in [3.63, 3.8) is 0 Å². The van der Waals surface area contributed by atoms with Gasteiger partial charge in [-0.2, -0.15) is 15.8 Å². The molecule has 0 aliphatic carbocycles. The van der Waals surface area contributed by atoms with Crippen LogP contribution in [0.2, 0.25) is 30.5 Å². The number of nitrogen functional groups attached to an aromatic ring is 1. The SMILES string of the molecule is N#Cc1cnc(Cl)cc1Cl.N#Cc1cnc(Cl)cc1Nc1ccc(C2CCOCC2)cc1.N#Cc1cnc(Nc2ccc(C3CCOCC3)cc2)cc1Cl.NC(=O)c1cnc(Cl)cc1Nc1ccc(C2CCOCC2)cc1.NC(=O)c1cnc(Nc2ccc(C3CCOCC3)cc2)cc1Cl.Nc1ccc(C2CCOCC2)cc1. The quantitative estimate of drug-likeness (QED) is 0.0370. The third-order valence-corrected chi connectivity index (χ3v) is 20.9. The molecule has 10 aromatic rings. The first-order valence-electron chi connectivity index (χ1n) is 36.8. The van der Waals surface area contributed by atoms with E-state index in [9.17, 15) is 9.59 Å². The lowest BCUT2D eigenvalue weighted by atomic mass is 9.92. The van der Waals surface area contributed by atoms with Crippen molar-refractivity contribution in [2.24, 2.45) is 11.5 Å². The summed E-state index contributed by atoms with van der Waals surface area (Å²) in [6.07, 6.45) is 17.9. The van der Waals surface area contributed by atoms with E-state index in [-0.39, 0.29) is 10.6 Å². The molecule has 584 valence electrons. The minimum atomic E-state index is -0.588. The maximum atomic E-state index is 11.5. The van der Waals surface area contributed by atoms with Crippen molar-refractivity contribution in [1.82, 2.24) is 24.9 Å². The second-order valence-corrected chi connectivity index (χ2v) is 29.2. The highest BCUT2D eigenvalue weighted by atomic mass is 35.5. The van der Waals surface area contributed by atoms with Crippen molar-refractivity contribution in [3.05, 3.63) is 269 Å². The summed E-state index contributed by atoms with van der Waals surface area (Å²) in [5, 5.41) is 41.1. The Labute approximate surface area is 687 Å². The van der Waals surface area contributed by atoms with Gasteiger partial charge in [0.2, 0.25) is 0 Å². The van der Waals surface area contributed by atoms with Crippen LogP contribution >= 0.6 is 69.6 Å². The van der Waals surface area contributed by atoms with E-state index in [1.165, 1.54) is 64.9 Å². The lowest BCUT2D eigenvalue weighted by Crippen LogP contribution is -2.14. The number of carbonyl (C=O) groups excluding carboxylic acids is 2. The van der Waals surface area contributed by atoms with Crippen molar-refractivity contribution in [2.45, 2.75) is 93.8 Å². The number of rotatable bonds is 15. The smallest absolute Gasteiger partial charge is 0.252 e. The molecule has 0 bridgehead atoms. The number of hydrogen-bond donors (Lipinski definition) is 7. The number of amides is 2. The summed E-state index contributed by atoms with van der Waals surface area (Å²) in [7, 11) is 0.